The Morgan fingerprint density at radius 2 is 2.06 bits per heavy atom. The van der Waals surface area contributed by atoms with Gasteiger partial charge in [0, 0.05) is 4.88 Å². The van der Waals surface area contributed by atoms with Crippen molar-refractivity contribution in [2.75, 3.05) is 11.9 Å². The van der Waals surface area contributed by atoms with Crippen molar-refractivity contribution >= 4 is 62.5 Å². The molecule has 1 saturated heterocycles. The topological polar surface area (TPSA) is 95.6 Å². The number of thiophene rings is 1. The second-order valence-electron chi connectivity index (χ2n) is 8.28. The fraction of sp³-hybridized carbons (Fsp3) is 0.231. The number of nitrogens with one attached hydrogen (secondary N) is 1. The summed E-state index contributed by atoms with van der Waals surface area (Å²) in [5, 5.41) is 13.0. The predicted octanol–water partition coefficient (Wildman–Crippen LogP) is 5.51. The van der Waals surface area contributed by atoms with Crippen molar-refractivity contribution in [3.05, 3.63) is 74.9 Å². The van der Waals surface area contributed by atoms with Crippen LogP contribution in [-0.2, 0) is 29.0 Å². The molecule has 0 atom stereocenters. The van der Waals surface area contributed by atoms with E-state index in [1.807, 2.05) is 12.1 Å². The zero-order valence-corrected chi connectivity index (χ0v) is 21.6. The number of aryl methyl sites for hydroxylation is 1. The minimum absolute atomic E-state index is 0.162. The van der Waals surface area contributed by atoms with Crippen molar-refractivity contribution in [2.24, 2.45) is 0 Å². The second kappa shape index (κ2) is 10.7. The van der Waals surface area contributed by atoms with Gasteiger partial charge in [0.15, 0.2) is 6.61 Å². The van der Waals surface area contributed by atoms with Gasteiger partial charge in [-0.15, -0.1) is 11.3 Å². The molecule has 0 saturated carbocycles. The Morgan fingerprint density at radius 1 is 1.25 bits per heavy atom. The van der Waals surface area contributed by atoms with Crippen molar-refractivity contribution in [1.29, 1.82) is 5.26 Å². The summed E-state index contributed by atoms with van der Waals surface area (Å²) < 4.78 is 11.4. The van der Waals surface area contributed by atoms with Crippen molar-refractivity contribution in [2.45, 2.75) is 32.2 Å². The van der Waals surface area contributed by atoms with Gasteiger partial charge in [-0.1, -0.05) is 36.1 Å². The van der Waals surface area contributed by atoms with Gasteiger partial charge in [0.05, 0.1) is 23.3 Å². The highest BCUT2D eigenvalue weighted by molar-refractivity contribution is 8.26. The van der Waals surface area contributed by atoms with Crippen molar-refractivity contribution in [3.63, 3.8) is 0 Å². The van der Waals surface area contributed by atoms with Crippen molar-refractivity contribution < 1.29 is 18.7 Å². The molecule has 1 aromatic carbocycles. The summed E-state index contributed by atoms with van der Waals surface area (Å²) in [5.74, 6) is 0.721. The van der Waals surface area contributed by atoms with Gasteiger partial charge in [-0.05, 0) is 67.2 Å². The largest absolute Gasteiger partial charge is 0.484 e. The van der Waals surface area contributed by atoms with E-state index in [0.717, 1.165) is 36.8 Å². The lowest BCUT2D eigenvalue weighted by molar-refractivity contribution is -0.122. The van der Waals surface area contributed by atoms with Crippen LogP contribution in [0.25, 0.3) is 6.08 Å². The van der Waals surface area contributed by atoms with Crippen LogP contribution in [0.1, 0.15) is 40.2 Å². The van der Waals surface area contributed by atoms with E-state index in [-0.39, 0.29) is 18.4 Å². The minimum Gasteiger partial charge on any atom is -0.484 e. The molecule has 1 fully saturated rings. The second-order valence-corrected chi connectivity index (χ2v) is 11.1. The Hall–Kier alpha value is -3.39. The molecule has 3 aromatic rings. The van der Waals surface area contributed by atoms with Crippen LogP contribution in [0.15, 0.2) is 52.0 Å². The predicted molar refractivity (Wildman–Crippen MR) is 144 cm³/mol. The zero-order chi connectivity index (χ0) is 25.1. The van der Waals surface area contributed by atoms with Gasteiger partial charge in [-0.25, -0.2) is 0 Å². The summed E-state index contributed by atoms with van der Waals surface area (Å²) in [7, 11) is 0. The number of thiocarbonyl (C=S) groups is 1. The maximum Gasteiger partial charge on any atom is 0.266 e. The highest BCUT2D eigenvalue weighted by atomic mass is 32.2. The first-order valence-electron chi connectivity index (χ1n) is 11.4. The van der Waals surface area contributed by atoms with Crippen LogP contribution in [0.3, 0.4) is 0 Å². The molecule has 1 N–H and O–H groups in total. The molecule has 1 aliphatic carbocycles. The highest BCUT2D eigenvalue weighted by Crippen LogP contribution is 2.37. The Labute approximate surface area is 221 Å². The molecule has 0 radical (unpaired) electrons. The van der Waals surface area contributed by atoms with Gasteiger partial charge >= 0.3 is 0 Å². The lowest BCUT2D eigenvalue weighted by Crippen LogP contribution is -2.27. The maximum atomic E-state index is 12.8. The van der Waals surface area contributed by atoms with Crippen LogP contribution in [0.5, 0.6) is 5.75 Å². The maximum absolute atomic E-state index is 12.8. The number of nitrogens with zero attached hydrogens (tertiary/aromatic N) is 2. The molecule has 3 heterocycles. The molecule has 5 rings (SSSR count). The SMILES string of the molecule is N#Cc1c(NC(=O)COc2ccc(/C=C3\SC(=S)N(Cc4ccco4)C3=O)cc2)sc2c1CCCC2. The third-order valence-electron chi connectivity index (χ3n) is 5.85. The van der Waals surface area contributed by atoms with Crippen LogP contribution >= 0.6 is 35.3 Å². The molecule has 2 aliphatic rings. The van der Waals surface area contributed by atoms with Crippen molar-refractivity contribution in [3.8, 4) is 11.8 Å². The first kappa shape index (κ1) is 24.3. The first-order valence-corrected chi connectivity index (χ1v) is 13.4. The summed E-state index contributed by atoms with van der Waals surface area (Å²) >= 11 is 8.10. The standard InChI is InChI=1S/C26H21N3O4S3/c27-13-20-19-5-1-2-6-21(19)35-24(20)28-23(30)15-33-17-9-7-16(8-10-17)12-22-25(31)29(26(34)36-22)14-18-4-3-11-32-18/h3-4,7-12H,1-2,5-6,14-15H2,(H,28,30)/b22-12-. The number of hydrogen-bond acceptors (Lipinski definition) is 8. The molecule has 7 nitrogen and oxygen atoms in total. The summed E-state index contributed by atoms with van der Waals surface area (Å²) in [6.07, 6.45) is 7.38. The van der Waals surface area contributed by atoms with E-state index in [2.05, 4.69) is 11.4 Å². The fourth-order valence-corrected chi connectivity index (χ4v) is 6.60. The van der Waals surface area contributed by atoms with Gasteiger partial charge in [-0.2, -0.15) is 5.26 Å². The first-order chi connectivity index (χ1) is 17.5. The van der Waals surface area contributed by atoms with Gasteiger partial charge in [-0.3, -0.25) is 14.5 Å². The van der Waals surface area contributed by atoms with Crippen molar-refractivity contribution in [1.82, 2.24) is 4.90 Å². The van der Waals surface area contributed by atoms with Crippen LogP contribution in [-0.4, -0.2) is 27.6 Å². The molecule has 1 aliphatic heterocycles. The Balaban J connectivity index is 1.17. The summed E-state index contributed by atoms with van der Waals surface area (Å²) in [6, 6.07) is 12.9. The zero-order valence-electron chi connectivity index (χ0n) is 19.1. The molecule has 0 spiro atoms. The number of thioether (sulfide) groups is 1. The van der Waals surface area contributed by atoms with E-state index in [1.165, 1.54) is 32.9 Å². The number of rotatable bonds is 7. The van der Waals surface area contributed by atoms with Gasteiger partial charge < -0.3 is 14.5 Å². The lowest BCUT2D eigenvalue weighted by Gasteiger charge is -2.12. The molecular formula is C26H21N3O4S3. The number of hydrogen-bond donors (Lipinski definition) is 1. The van der Waals surface area contributed by atoms with Crippen LogP contribution in [0.4, 0.5) is 5.00 Å². The number of ether oxygens (including phenoxy) is 1. The fourth-order valence-electron chi connectivity index (χ4n) is 4.09. The molecule has 182 valence electrons. The summed E-state index contributed by atoms with van der Waals surface area (Å²) in [5.41, 5.74) is 2.48. The molecule has 0 unspecified atom stereocenters. The van der Waals surface area contributed by atoms with Gasteiger partial charge in [0.1, 0.15) is 26.9 Å². The normalized spacial score (nSPS) is 16.2. The highest BCUT2D eigenvalue weighted by Gasteiger charge is 2.32. The number of amides is 2. The molecule has 2 aromatic heterocycles. The third kappa shape index (κ3) is 5.23. The van der Waals surface area contributed by atoms with Crippen LogP contribution in [0, 0.1) is 11.3 Å². The average Bonchev–Trinajstić information content (AvgIpc) is 3.58. The molecule has 36 heavy (non-hydrogen) atoms. The lowest BCUT2D eigenvalue weighted by atomic mass is 9.96. The number of carbonyl (C=O) groups excluding carboxylic acids is 2. The van der Waals surface area contributed by atoms with E-state index >= 15 is 0 Å². The number of furan rings is 1. The number of carbonyl (C=O) groups is 2. The molecule has 10 heteroatoms. The Bertz CT molecular complexity index is 1380. The number of fused-ring (bicyclic) bond motifs is 1. The Kier molecular flexibility index (Phi) is 7.23. The number of benzene rings is 1. The van der Waals surface area contributed by atoms with E-state index in [4.69, 9.17) is 21.4 Å². The van der Waals surface area contributed by atoms with E-state index in [0.29, 0.717) is 37.8 Å². The summed E-state index contributed by atoms with van der Waals surface area (Å²) in [6.45, 7) is 0.131. The van der Waals surface area contributed by atoms with E-state index in [9.17, 15) is 14.9 Å². The van der Waals surface area contributed by atoms with Gasteiger partial charge in [0.2, 0.25) is 0 Å². The molecular weight excluding hydrogens is 515 g/mol. The monoisotopic (exact) mass is 535 g/mol. The van der Waals surface area contributed by atoms with Gasteiger partial charge in [0.25, 0.3) is 11.8 Å². The van der Waals surface area contributed by atoms with Crippen LogP contribution in [0.2, 0.25) is 0 Å². The van der Waals surface area contributed by atoms with E-state index < -0.39 is 0 Å². The molecule has 2 amide bonds. The molecule has 0 bridgehead atoms. The minimum atomic E-state index is -0.311. The summed E-state index contributed by atoms with van der Waals surface area (Å²) in [4.78, 5) is 28.5. The average molecular weight is 536 g/mol. The smallest absolute Gasteiger partial charge is 0.266 e. The quantitative estimate of drug-likeness (QED) is 0.315. The third-order valence-corrected chi connectivity index (χ3v) is 8.44. The number of nitriles is 1. The van der Waals surface area contributed by atoms with E-state index in [1.54, 1.807) is 36.6 Å². The number of anilines is 1. The van der Waals surface area contributed by atoms with Crippen LogP contribution < -0.4 is 10.1 Å². The Morgan fingerprint density at radius 3 is 2.81 bits per heavy atom.